The molecule has 1 amide bonds. The van der Waals surface area contributed by atoms with E-state index in [4.69, 9.17) is 9.15 Å². The molecule has 0 spiro atoms. The third kappa shape index (κ3) is 4.53. The summed E-state index contributed by atoms with van der Waals surface area (Å²) in [6.45, 7) is 16.1. The van der Waals surface area contributed by atoms with Crippen LogP contribution in [0, 0.1) is 20.8 Å². The fourth-order valence-electron chi connectivity index (χ4n) is 4.93. The second kappa shape index (κ2) is 7.73. The lowest BCUT2D eigenvalue weighted by Gasteiger charge is -2.43. The Hall–Kier alpha value is -2.34. The van der Waals surface area contributed by atoms with Gasteiger partial charge in [-0.15, -0.1) is 0 Å². The van der Waals surface area contributed by atoms with Gasteiger partial charge in [-0.05, 0) is 73.1 Å². The van der Waals surface area contributed by atoms with Gasteiger partial charge in [-0.25, -0.2) is 4.79 Å². The standard InChI is InChI=1S/C24H34N2O4/c1-13-14(2)22(28)30-20-15(3)19(10-9-18(13)20)29-16(4)21(27)25-17-11-23(5,6)26-24(7,8)12-17/h9-10,16-17,26H,11-12H2,1-8H3,(H,25,27)/p+1/t16-/m1/s1. The van der Waals surface area contributed by atoms with E-state index in [9.17, 15) is 9.59 Å². The molecule has 1 aliphatic rings. The minimum Gasteiger partial charge on any atom is -0.480 e. The van der Waals surface area contributed by atoms with Crippen molar-refractivity contribution in [2.45, 2.75) is 91.5 Å². The van der Waals surface area contributed by atoms with Crippen molar-refractivity contribution in [3.05, 3.63) is 39.2 Å². The first kappa shape index (κ1) is 22.3. The van der Waals surface area contributed by atoms with E-state index in [1.54, 1.807) is 13.8 Å². The molecule has 6 heteroatoms. The van der Waals surface area contributed by atoms with E-state index in [1.807, 2.05) is 26.0 Å². The molecule has 1 aromatic carbocycles. The van der Waals surface area contributed by atoms with Crippen LogP contribution in [0.15, 0.2) is 21.3 Å². The molecule has 30 heavy (non-hydrogen) atoms. The van der Waals surface area contributed by atoms with E-state index in [2.05, 4.69) is 38.3 Å². The Morgan fingerprint density at radius 1 is 1.10 bits per heavy atom. The number of carbonyl (C=O) groups is 1. The van der Waals surface area contributed by atoms with Crippen molar-refractivity contribution in [2.24, 2.45) is 0 Å². The van der Waals surface area contributed by atoms with Crippen molar-refractivity contribution >= 4 is 16.9 Å². The highest BCUT2D eigenvalue weighted by atomic mass is 16.5. The summed E-state index contributed by atoms with van der Waals surface area (Å²) in [5, 5.41) is 6.45. The minimum atomic E-state index is -0.656. The molecular formula is C24H35N2O4+. The van der Waals surface area contributed by atoms with Gasteiger partial charge < -0.3 is 19.8 Å². The Morgan fingerprint density at radius 2 is 1.70 bits per heavy atom. The zero-order valence-corrected chi connectivity index (χ0v) is 19.4. The lowest BCUT2D eigenvalue weighted by atomic mass is 9.79. The number of nitrogens with one attached hydrogen (secondary N) is 1. The van der Waals surface area contributed by atoms with E-state index in [1.165, 1.54) is 0 Å². The zero-order chi connectivity index (χ0) is 22.4. The first-order valence-corrected chi connectivity index (χ1v) is 10.7. The number of fused-ring (bicyclic) bond motifs is 1. The van der Waals surface area contributed by atoms with Crippen molar-refractivity contribution < 1.29 is 19.3 Å². The number of rotatable bonds is 4. The van der Waals surface area contributed by atoms with Crippen molar-refractivity contribution in [3.63, 3.8) is 0 Å². The SMILES string of the molecule is Cc1c(C)c2ccc(O[C@H](C)C(=O)NC3CC(C)(C)[NH2+]C(C)(C)C3)c(C)c2oc1=O. The predicted molar refractivity (Wildman–Crippen MR) is 118 cm³/mol. The van der Waals surface area contributed by atoms with Crippen LogP contribution in [-0.4, -0.2) is 29.1 Å². The van der Waals surface area contributed by atoms with Crippen LogP contribution in [-0.2, 0) is 4.79 Å². The van der Waals surface area contributed by atoms with E-state index in [0.29, 0.717) is 16.9 Å². The highest BCUT2D eigenvalue weighted by molar-refractivity contribution is 5.86. The highest BCUT2D eigenvalue weighted by Crippen LogP contribution is 2.30. The zero-order valence-electron chi connectivity index (χ0n) is 19.4. The third-order valence-electron chi connectivity index (χ3n) is 6.17. The van der Waals surface area contributed by atoms with E-state index < -0.39 is 6.10 Å². The molecule has 1 aromatic heterocycles. The number of quaternary nitrogens is 1. The highest BCUT2D eigenvalue weighted by Gasteiger charge is 2.42. The number of aryl methyl sites for hydroxylation is 2. The summed E-state index contributed by atoms with van der Waals surface area (Å²) < 4.78 is 11.5. The molecule has 1 saturated heterocycles. The lowest BCUT2D eigenvalue weighted by Crippen LogP contribution is -3.06. The molecule has 0 unspecified atom stereocenters. The first-order chi connectivity index (χ1) is 13.8. The van der Waals surface area contributed by atoms with Crippen LogP contribution in [0.25, 0.3) is 11.0 Å². The molecule has 3 rings (SSSR count). The second-order valence-corrected chi connectivity index (χ2v) is 10.2. The van der Waals surface area contributed by atoms with Crippen LogP contribution in [0.1, 0.15) is 64.2 Å². The van der Waals surface area contributed by atoms with Gasteiger partial charge in [0.15, 0.2) is 6.10 Å². The van der Waals surface area contributed by atoms with Gasteiger partial charge in [0.05, 0.1) is 11.1 Å². The molecule has 1 aliphatic heterocycles. The smallest absolute Gasteiger partial charge is 0.339 e. The van der Waals surface area contributed by atoms with E-state index in [-0.39, 0.29) is 28.7 Å². The predicted octanol–water partition coefficient (Wildman–Crippen LogP) is 2.88. The van der Waals surface area contributed by atoms with Crippen molar-refractivity contribution in [1.82, 2.24) is 5.32 Å². The molecule has 164 valence electrons. The number of hydrogen-bond acceptors (Lipinski definition) is 4. The van der Waals surface area contributed by atoms with Crippen LogP contribution in [0.2, 0.25) is 0 Å². The van der Waals surface area contributed by atoms with Gasteiger partial charge in [-0.2, -0.15) is 0 Å². The monoisotopic (exact) mass is 415 g/mol. The quantitative estimate of drug-likeness (QED) is 0.752. The maximum atomic E-state index is 12.8. The molecule has 6 nitrogen and oxygen atoms in total. The summed E-state index contributed by atoms with van der Waals surface area (Å²) in [5.41, 5.74) is 2.56. The number of piperidine rings is 1. The summed E-state index contributed by atoms with van der Waals surface area (Å²) in [4.78, 5) is 24.9. The molecule has 2 heterocycles. The van der Waals surface area contributed by atoms with Gasteiger partial charge in [0.25, 0.3) is 5.91 Å². The number of carbonyl (C=O) groups excluding carboxylic acids is 1. The number of amides is 1. The molecule has 0 saturated carbocycles. The Bertz CT molecular complexity index is 1020. The maximum absolute atomic E-state index is 12.8. The molecule has 0 radical (unpaired) electrons. The number of hydrogen-bond donors (Lipinski definition) is 2. The molecule has 1 atom stereocenters. The molecule has 1 fully saturated rings. The molecule has 0 aliphatic carbocycles. The Balaban J connectivity index is 1.77. The average molecular weight is 416 g/mol. The number of nitrogens with two attached hydrogens (primary N) is 1. The van der Waals surface area contributed by atoms with Gasteiger partial charge in [0.1, 0.15) is 11.3 Å². The van der Waals surface area contributed by atoms with Gasteiger partial charge in [-0.1, -0.05) is 0 Å². The Kier molecular flexibility index (Phi) is 5.76. The van der Waals surface area contributed by atoms with Crippen LogP contribution in [0.3, 0.4) is 0 Å². The van der Waals surface area contributed by atoms with Gasteiger partial charge >= 0.3 is 5.63 Å². The van der Waals surface area contributed by atoms with E-state index >= 15 is 0 Å². The summed E-state index contributed by atoms with van der Waals surface area (Å²) in [6, 6.07) is 3.84. The summed E-state index contributed by atoms with van der Waals surface area (Å²) in [6.07, 6.45) is 1.16. The number of benzene rings is 1. The van der Waals surface area contributed by atoms with Crippen LogP contribution in [0.4, 0.5) is 0 Å². The summed E-state index contributed by atoms with van der Waals surface area (Å²) in [7, 11) is 0. The van der Waals surface area contributed by atoms with Gasteiger partial charge in [0.2, 0.25) is 0 Å². The fourth-order valence-corrected chi connectivity index (χ4v) is 4.93. The Morgan fingerprint density at radius 3 is 2.30 bits per heavy atom. The molecule has 3 N–H and O–H groups in total. The Labute approximate surface area is 178 Å². The van der Waals surface area contributed by atoms with Crippen LogP contribution in [0.5, 0.6) is 5.75 Å². The van der Waals surface area contributed by atoms with Gasteiger partial charge in [-0.3, -0.25) is 4.79 Å². The normalized spacial score (nSPS) is 19.5. The first-order valence-electron chi connectivity index (χ1n) is 10.7. The van der Waals surface area contributed by atoms with E-state index in [0.717, 1.165) is 29.4 Å². The summed E-state index contributed by atoms with van der Waals surface area (Å²) >= 11 is 0. The summed E-state index contributed by atoms with van der Waals surface area (Å²) in [5.74, 6) is 0.420. The average Bonchev–Trinajstić information content (AvgIpc) is 2.59. The van der Waals surface area contributed by atoms with Gasteiger partial charge in [0, 0.05) is 35.4 Å². The molecule has 0 bridgehead atoms. The van der Waals surface area contributed by atoms with Crippen molar-refractivity contribution in [1.29, 1.82) is 0 Å². The topological polar surface area (TPSA) is 85.2 Å². The fraction of sp³-hybridized carbons (Fsp3) is 0.583. The van der Waals surface area contributed by atoms with Crippen molar-refractivity contribution in [2.75, 3.05) is 0 Å². The number of ether oxygens (including phenoxy) is 1. The van der Waals surface area contributed by atoms with Crippen molar-refractivity contribution in [3.8, 4) is 5.75 Å². The molecular weight excluding hydrogens is 380 g/mol. The molecule has 2 aromatic rings. The largest absolute Gasteiger partial charge is 0.480 e. The minimum absolute atomic E-state index is 0.0757. The second-order valence-electron chi connectivity index (χ2n) is 10.2. The van der Waals surface area contributed by atoms with Crippen LogP contribution < -0.4 is 21.0 Å². The van der Waals surface area contributed by atoms with Crippen LogP contribution >= 0.6 is 0 Å². The maximum Gasteiger partial charge on any atom is 0.339 e. The third-order valence-corrected chi connectivity index (χ3v) is 6.17. The lowest BCUT2D eigenvalue weighted by molar-refractivity contribution is -0.787.